The molecule has 3 aromatic rings. The molecule has 0 saturated carbocycles. The van der Waals surface area contributed by atoms with Crippen LogP contribution in [0.4, 0.5) is 4.39 Å². The van der Waals surface area contributed by atoms with Crippen LogP contribution in [0.1, 0.15) is 28.9 Å². The predicted molar refractivity (Wildman–Crippen MR) is 97.0 cm³/mol. The number of aromatic nitrogens is 1. The van der Waals surface area contributed by atoms with Gasteiger partial charge in [-0.05, 0) is 54.4 Å². The van der Waals surface area contributed by atoms with Gasteiger partial charge in [-0.2, -0.15) is 0 Å². The molecule has 0 bridgehead atoms. The third-order valence-corrected chi connectivity index (χ3v) is 4.19. The lowest BCUT2D eigenvalue weighted by Crippen LogP contribution is -2.26. The molecule has 1 N–H and O–H groups in total. The van der Waals surface area contributed by atoms with E-state index in [-0.39, 0.29) is 17.5 Å². The van der Waals surface area contributed by atoms with E-state index in [2.05, 4.69) is 10.3 Å². The molecular formula is C20H16ClFN2O. The Hall–Kier alpha value is -2.72. The zero-order valence-corrected chi connectivity index (χ0v) is 14.3. The summed E-state index contributed by atoms with van der Waals surface area (Å²) in [5, 5.41) is 3.49. The molecule has 0 spiro atoms. The van der Waals surface area contributed by atoms with Crippen molar-refractivity contribution in [2.24, 2.45) is 0 Å². The second kappa shape index (κ2) is 7.45. The average molecular weight is 355 g/mol. The molecule has 0 aliphatic heterocycles. The Morgan fingerprint density at radius 3 is 2.40 bits per heavy atom. The number of halogens is 2. The Bertz CT molecular complexity index is 882. The average Bonchev–Trinajstić information content (AvgIpc) is 2.62. The van der Waals surface area contributed by atoms with Crippen LogP contribution in [0, 0.1) is 5.82 Å². The first kappa shape index (κ1) is 17.1. The maximum absolute atomic E-state index is 14.4. The number of carbonyl (C=O) groups excluding carboxylic acids is 1. The molecule has 2 aromatic carbocycles. The quantitative estimate of drug-likeness (QED) is 0.713. The van der Waals surface area contributed by atoms with Gasteiger partial charge in [0.15, 0.2) is 0 Å². The van der Waals surface area contributed by atoms with Gasteiger partial charge in [0, 0.05) is 28.5 Å². The van der Waals surface area contributed by atoms with Gasteiger partial charge in [0.2, 0.25) is 0 Å². The second-order valence-electron chi connectivity index (χ2n) is 5.68. The number of rotatable bonds is 4. The van der Waals surface area contributed by atoms with Crippen LogP contribution < -0.4 is 5.32 Å². The summed E-state index contributed by atoms with van der Waals surface area (Å²) in [7, 11) is 0. The summed E-state index contributed by atoms with van der Waals surface area (Å²) >= 11 is 5.87. The van der Waals surface area contributed by atoms with E-state index in [4.69, 9.17) is 11.6 Å². The minimum Gasteiger partial charge on any atom is -0.346 e. The summed E-state index contributed by atoms with van der Waals surface area (Å²) in [5.74, 6) is -0.777. The molecule has 126 valence electrons. The van der Waals surface area contributed by atoms with Crippen LogP contribution in [-0.4, -0.2) is 10.9 Å². The summed E-state index contributed by atoms with van der Waals surface area (Å²) in [5.41, 5.74) is 2.35. The van der Waals surface area contributed by atoms with E-state index < -0.39 is 5.82 Å². The third kappa shape index (κ3) is 4.03. The lowest BCUT2D eigenvalue weighted by atomic mass is 10.0. The number of nitrogens with one attached hydrogen (secondary N) is 1. The van der Waals surface area contributed by atoms with E-state index in [1.54, 1.807) is 48.8 Å². The highest BCUT2D eigenvalue weighted by Gasteiger charge is 2.14. The van der Waals surface area contributed by atoms with Crippen molar-refractivity contribution >= 4 is 17.5 Å². The number of nitrogens with zero attached hydrogens (tertiary/aromatic N) is 1. The van der Waals surface area contributed by atoms with Gasteiger partial charge >= 0.3 is 0 Å². The van der Waals surface area contributed by atoms with Crippen LogP contribution >= 0.6 is 11.6 Å². The van der Waals surface area contributed by atoms with Crippen LogP contribution in [0.3, 0.4) is 0 Å². The molecule has 3 nitrogen and oxygen atoms in total. The molecule has 5 heteroatoms. The van der Waals surface area contributed by atoms with Crippen molar-refractivity contribution < 1.29 is 9.18 Å². The fourth-order valence-electron chi connectivity index (χ4n) is 2.54. The highest BCUT2D eigenvalue weighted by Crippen LogP contribution is 2.23. The zero-order chi connectivity index (χ0) is 17.8. The molecule has 25 heavy (non-hydrogen) atoms. The van der Waals surface area contributed by atoms with Gasteiger partial charge in [0.05, 0.1) is 6.04 Å². The van der Waals surface area contributed by atoms with E-state index in [1.165, 1.54) is 6.07 Å². The Labute approximate surface area is 150 Å². The summed E-state index contributed by atoms with van der Waals surface area (Å²) in [6, 6.07) is 14.9. The van der Waals surface area contributed by atoms with E-state index in [0.717, 1.165) is 5.56 Å². The smallest absolute Gasteiger partial charge is 0.251 e. The van der Waals surface area contributed by atoms with Crippen LogP contribution in [0.15, 0.2) is 67.0 Å². The standard InChI is InChI=1S/C20H16ClFN2O/c1-13(14-2-5-17(21)6-3-14)24-20(25)16-4-7-18(19(22)12-16)15-8-10-23-11-9-15/h2-13H,1H3,(H,24,25)/t13-/m0/s1. The maximum atomic E-state index is 14.4. The van der Waals surface area contributed by atoms with Gasteiger partial charge in [0.25, 0.3) is 5.91 Å². The second-order valence-corrected chi connectivity index (χ2v) is 6.11. The predicted octanol–water partition coefficient (Wildman–Crippen LogP) is 5.03. The highest BCUT2D eigenvalue weighted by molar-refractivity contribution is 6.30. The third-order valence-electron chi connectivity index (χ3n) is 3.94. The van der Waals surface area contributed by atoms with E-state index in [9.17, 15) is 9.18 Å². The monoisotopic (exact) mass is 354 g/mol. The number of amides is 1. The molecule has 1 amide bonds. The van der Waals surface area contributed by atoms with E-state index in [1.807, 2.05) is 19.1 Å². The molecule has 0 aliphatic rings. The fraction of sp³-hybridized carbons (Fsp3) is 0.100. The van der Waals surface area contributed by atoms with Crippen molar-refractivity contribution in [2.75, 3.05) is 0 Å². The minimum atomic E-state index is -0.446. The first-order chi connectivity index (χ1) is 12.0. The van der Waals surface area contributed by atoms with Gasteiger partial charge in [-0.1, -0.05) is 29.8 Å². The van der Waals surface area contributed by atoms with Crippen molar-refractivity contribution in [2.45, 2.75) is 13.0 Å². The lowest BCUT2D eigenvalue weighted by Gasteiger charge is -2.15. The molecule has 3 rings (SSSR count). The number of pyridine rings is 1. The van der Waals surface area contributed by atoms with Crippen LogP contribution in [-0.2, 0) is 0 Å². The van der Waals surface area contributed by atoms with Crippen LogP contribution in [0.5, 0.6) is 0 Å². The van der Waals surface area contributed by atoms with Crippen LogP contribution in [0.2, 0.25) is 5.02 Å². The normalized spacial score (nSPS) is 11.8. The van der Waals surface area contributed by atoms with E-state index >= 15 is 0 Å². The molecule has 1 aromatic heterocycles. The zero-order valence-electron chi connectivity index (χ0n) is 13.5. The van der Waals surface area contributed by atoms with Gasteiger partial charge in [-0.3, -0.25) is 9.78 Å². The summed E-state index contributed by atoms with van der Waals surface area (Å²) in [4.78, 5) is 16.3. The summed E-state index contributed by atoms with van der Waals surface area (Å²) in [6.07, 6.45) is 3.20. The molecule has 1 heterocycles. The van der Waals surface area contributed by atoms with Gasteiger partial charge in [-0.15, -0.1) is 0 Å². The largest absolute Gasteiger partial charge is 0.346 e. The molecule has 0 unspecified atom stereocenters. The topological polar surface area (TPSA) is 42.0 Å². The van der Waals surface area contributed by atoms with Gasteiger partial charge in [-0.25, -0.2) is 4.39 Å². The number of hydrogen-bond acceptors (Lipinski definition) is 2. The summed E-state index contributed by atoms with van der Waals surface area (Å²) in [6.45, 7) is 1.86. The SMILES string of the molecule is C[C@H](NC(=O)c1ccc(-c2ccncc2)c(F)c1)c1ccc(Cl)cc1. The molecule has 0 saturated heterocycles. The first-order valence-corrected chi connectivity index (χ1v) is 8.18. The van der Waals surface area contributed by atoms with Crippen molar-refractivity contribution in [1.29, 1.82) is 0 Å². The first-order valence-electron chi connectivity index (χ1n) is 7.81. The Kier molecular flexibility index (Phi) is 5.10. The fourth-order valence-corrected chi connectivity index (χ4v) is 2.66. The molecule has 0 fully saturated rings. The maximum Gasteiger partial charge on any atom is 0.251 e. The van der Waals surface area contributed by atoms with Crippen molar-refractivity contribution in [3.05, 3.63) is 89.0 Å². The number of carbonyl (C=O) groups is 1. The summed E-state index contributed by atoms with van der Waals surface area (Å²) < 4.78 is 14.4. The Balaban J connectivity index is 1.76. The Morgan fingerprint density at radius 2 is 1.76 bits per heavy atom. The minimum absolute atomic E-state index is 0.215. The number of benzene rings is 2. The van der Waals surface area contributed by atoms with E-state index in [0.29, 0.717) is 16.1 Å². The molecule has 1 atom stereocenters. The number of hydrogen-bond donors (Lipinski definition) is 1. The molecule has 0 radical (unpaired) electrons. The van der Waals surface area contributed by atoms with Gasteiger partial charge in [0.1, 0.15) is 5.82 Å². The van der Waals surface area contributed by atoms with Crippen molar-refractivity contribution in [3.8, 4) is 11.1 Å². The molecule has 0 aliphatic carbocycles. The van der Waals surface area contributed by atoms with Gasteiger partial charge < -0.3 is 5.32 Å². The van der Waals surface area contributed by atoms with Crippen molar-refractivity contribution in [3.63, 3.8) is 0 Å². The highest BCUT2D eigenvalue weighted by atomic mass is 35.5. The Morgan fingerprint density at radius 1 is 1.08 bits per heavy atom. The van der Waals surface area contributed by atoms with Crippen LogP contribution in [0.25, 0.3) is 11.1 Å². The lowest BCUT2D eigenvalue weighted by molar-refractivity contribution is 0.0939. The molecular weight excluding hydrogens is 339 g/mol. The van der Waals surface area contributed by atoms with Crippen molar-refractivity contribution in [1.82, 2.24) is 10.3 Å².